The first-order valence-electron chi connectivity index (χ1n) is 11.7. The molecule has 0 bridgehead atoms. The van der Waals surface area contributed by atoms with E-state index in [0.717, 1.165) is 5.92 Å². The number of rotatable bonds is 8. The SMILES string of the molecule is CCCCCc1ccc(C2(/C=C/C3CCC(CO)CC3)CCCCC2)cc1. The Kier molecular flexibility index (Phi) is 8.00. The molecule has 0 aromatic heterocycles. The Morgan fingerprint density at radius 1 is 0.963 bits per heavy atom. The molecular weight excluding hydrogens is 328 g/mol. The quantitative estimate of drug-likeness (QED) is 0.388. The highest BCUT2D eigenvalue weighted by Gasteiger charge is 2.31. The molecule has 2 fully saturated rings. The summed E-state index contributed by atoms with van der Waals surface area (Å²) >= 11 is 0. The average Bonchev–Trinajstić information content (AvgIpc) is 2.74. The molecule has 2 aliphatic carbocycles. The first-order valence-corrected chi connectivity index (χ1v) is 11.7. The standard InChI is InChI=1S/C26H40O/c1-2-3-5-8-22-13-15-25(16-14-22)26(18-6-4-7-19-26)20-17-23-9-11-24(21-27)12-10-23/h13-17,20,23-24,27H,2-12,18-19,21H2,1H3/b20-17+. The van der Waals surface area contributed by atoms with E-state index >= 15 is 0 Å². The van der Waals surface area contributed by atoms with Crippen LogP contribution in [-0.4, -0.2) is 11.7 Å². The van der Waals surface area contributed by atoms with Crippen LogP contribution in [0.1, 0.15) is 95.1 Å². The van der Waals surface area contributed by atoms with Crippen LogP contribution in [0.25, 0.3) is 0 Å². The van der Waals surface area contributed by atoms with Gasteiger partial charge in [0.15, 0.2) is 0 Å². The Hall–Kier alpha value is -1.08. The van der Waals surface area contributed by atoms with E-state index in [0.29, 0.717) is 12.5 Å². The predicted molar refractivity (Wildman–Crippen MR) is 116 cm³/mol. The Morgan fingerprint density at radius 3 is 2.30 bits per heavy atom. The molecule has 2 saturated carbocycles. The molecule has 0 atom stereocenters. The topological polar surface area (TPSA) is 20.2 Å². The summed E-state index contributed by atoms with van der Waals surface area (Å²) < 4.78 is 0. The van der Waals surface area contributed by atoms with Crippen molar-refractivity contribution in [3.05, 3.63) is 47.5 Å². The maximum atomic E-state index is 9.37. The lowest BCUT2D eigenvalue weighted by atomic mass is 9.68. The van der Waals surface area contributed by atoms with E-state index in [9.17, 15) is 5.11 Å². The molecule has 1 heteroatoms. The third-order valence-corrected chi connectivity index (χ3v) is 7.18. The summed E-state index contributed by atoms with van der Waals surface area (Å²) in [5.74, 6) is 1.28. The Morgan fingerprint density at radius 2 is 1.67 bits per heavy atom. The van der Waals surface area contributed by atoms with Crippen LogP contribution in [0.2, 0.25) is 0 Å². The summed E-state index contributed by atoms with van der Waals surface area (Å²) in [5, 5.41) is 9.37. The van der Waals surface area contributed by atoms with Crippen LogP contribution in [0.15, 0.2) is 36.4 Å². The fraction of sp³-hybridized carbons (Fsp3) is 0.692. The predicted octanol–water partition coefficient (Wildman–Crippen LogP) is 6.98. The van der Waals surface area contributed by atoms with E-state index in [-0.39, 0.29) is 5.41 Å². The molecule has 0 amide bonds. The summed E-state index contributed by atoms with van der Waals surface area (Å²) in [4.78, 5) is 0. The van der Waals surface area contributed by atoms with E-state index in [1.807, 2.05) is 0 Å². The molecule has 0 unspecified atom stereocenters. The van der Waals surface area contributed by atoms with Crippen LogP contribution in [-0.2, 0) is 11.8 Å². The molecule has 2 aliphatic rings. The van der Waals surface area contributed by atoms with Gasteiger partial charge in [0.1, 0.15) is 0 Å². The maximum Gasteiger partial charge on any atom is 0.0459 e. The van der Waals surface area contributed by atoms with E-state index in [1.165, 1.54) is 89.0 Å². The van der Waals surface area contributed by atoms with Crippen molar-refractivity contribution in [2.24, 2.45) is 11.8 Å². The van der Waals surface area contributed by atoms with Gasteiger partial charge in [-0.05, 0) is 74.3 Å². The molecule has 1 aromatic rings. The molecule has 1 aromatic carbocycles. The minimum absolute atomic E-state index is 0.272. The summed E-state index contributed by atoms with van der Waals surface area (Å²) in [6.07, 6.45) is 22.0. The molecule has 3 rings (SSSR count). The highest BCUT2D eigenvalue weighted by Crippen LogP contribution is 2.42. The highest BCUT2D eigenvalue weighted by atomic mass is 16.3. The van der Waals surface area contributed by atoms with Gasteiger partial charge in [0.2, 0.25) is 0 Å². The summed E-state index contributed by atoms with van der Waals surface area (Å²) in [6, 6.07) is 9.64. The second-order valence-corrected chi connectivity index (χ2v) is 9.19. The number of aliphatic hydroxyl groups excluding tert-OH is 1. The normalized spacial score (nSPS) is 25.7. The maximum absolute atomic E-state index is 9.37. The van der Waals surface area contributed by atoms with Crippen LogP contribution in [0.3, 0.4) is 0 Å². The Bertz CT molecular complexity index is 556. The van der Waals surface area contributed by atoms with Crippen molar-refractivity contribution in [3.63, 3.8) is 0 Å². The molecular formula is C26H40O. The van der Waals surface area contributed by atoms with Crippen LogP contribution in [0.5, 0.6) is 0 Å². The van der Waals surface area contributed by atoms with Crippen molar-refractivity contribution in [1.82, 2.24) is 0 Å². The van der Waals surface area contributed by atoms with Crippen LogP contribution < -0.4 is 0 Å². The summed E-state index contributed by atoms with van der Waals surface area (Å²) in [5.41, 5.74) is 3.32. The lowest BCUT2D eigenvalue weighted by Gasteiger charge is -2.36. The number of allylic oxidation sites excluding steroid dienone is 2. The largest absolute Gasteiger partial charge is 0.396 e. The van der Waals surface area contributed by atoms with Gasteiger partial charge in [-0.3, -0.25) is 0 Å². The van der Waals surface area contributed by atoms with Gasteiger partial charge >= 0.3 is 0 Å². The second-order valence-electron chi connectivity index (χ2n) is 9.19. The number of aliphatic hydroxyl groups is 1. The van der Waals surface area contributed by atoms with Gasteiger partial charge in [0, 0.05) is 12.0 Å². The first kappa shape index (κ1) is 20.6. The van der Waals surface area contributed by atoms with Gasteiger partial charge in [-0.25, -0.2) is 0 Å². The van der Waals surface area contributed by atoms with Gasteiger partial charge in [-0.1, -0.05) is 75.4 Å². The molecule has 0 saturated heterocycles. The lowest BCUT2D eigenvalue weighted by Crippen LogP contribution is -2.27. The van der Waals surface area contributed by atoms with Crippen molar-refractivity contribution in [3.8, 4) is 0 Å². The molecule has 1 N–H and O–H groups in total. The molecule has 0 aliphatic heterocycles. The molecule has 1 nitrogen and oxygen atoms in total. The third-order valence-electron chi connectivity index (χ3n) is 7.18. The molecule has 0 spiro atoms. The number of aryl methyl sites for hydroxylation is 1. The van der Waals surface area contributed by atoms with Crippen molar-refractivity contribution >= 4 is 0 Å². The number of unbranched alkanes of at least 4 members (excludes halogenated alkanes) is 2. The molecule has 150 valence electrons. The van der Waals surface area contributed by atoms with Crippen LogP contribution in [0, 0.1) is 11.8 Å². The van der Waals surface area contributed by atoms with Gasteiger partial charge in [-0.2, -0.15) is 0 Å². The fourth-order valence-electron chi connectivity index (χ4n) is 5.20. The van der Waals surface area contributed by atoms with E-state index in [2.05, 4.69) is 43.3 Å². The van der Waals surface area contributed by atoms with Crippen molar-refractivity contribution < 1.29 is 5.11 Å². The fourth-order valence-corrected chi connectivity index (χ4v) is 5.20. The average molecular weight is 369 g/mol. The number of benzene rings is 1. The summed E-state index contributed by atoms with van der Waals surface area (Å²) in [6.45, 7) is 2.66. The van der Waals surface area contributed by atoms with Gasteiger partial charge in [0.05, 0.1) is 0 Å². The van der Waals surface area contributed by atoms with Gasteiger partial charge < -0.3 is 5.11 Å². The Labute approximate surface area is 167 Å². The number of hydrogen-bond acceptors (Lipinski definition) is 1. The monoisotopic (exact) mass is 368 g/mol. The molecule has 27 heavy (non-hydrogen) atoms. The summed E-state index contributed by atoms with van der Waals surface area (Å²) in [7, 11) is 0. The molecule has 0 heterocycles. The zero-order chi connectivity index (χ0) is 19.0. The highest BCUT2D eigenvalue weighted by molar-refractivity contribution is 5.34. The minimum atomic E-state index is 0.272. The zero-order valence-electron chi connectivity index (χ0n) is 17.5. The molecule has 0 radical (unpaired) electrons. The first-order chi connectivity index (χ1) is 13.3. The van der Waals surface area contributed by atoms with Gasteiger partial charge in [0.25, 0.3) is 0 Å². The van der Waals surface area contributed by atoms with Crippen LogP contribution in [0.4, 0.5) is 0 Å². The van der Waals surface area contributed by atoms with E-state index < -0.39 is 0 Å². The van der Waals surface area contributed by atoms with Crippen molar-refractivity contribution in [1.29, 1.82) is 0 Å². The van der Waals surface area contributed by atoms with E-state index in [4.69, 9.17) is 0 Å². The zero-order valence-corrected chi connectivity index (χ0v) is 17.5. The third kappa shape index (κ3) is 5.70. The van der Waals surface area contributed by atoms with Gasteiger partial charge in [-0.15, -0.1) is 0 Å². The lowest BCUT2D eigenvalue weighted by molar-refractivity contribution is 0.177. The van der Waals surface area contributed by atoms with E-state index in [1.54, 1.807) is 5.56 Å². The van der Waals surface area contributed by atoms with Crippen molar-refractivity contribution in [2.45, 2.75) is 95.8 Å². The minimum Gasteiger partial charge on any atom is -0.396 e. The van der Waals surface area contributed by atoms with Crippen molar-refractivity contribution in [2.75, 3.05) is 6.61 Å². The second kappa shape index (κ2) is 10.5. The Balaban J connectivity index is 1.68. The van der Waals surface area contributed by atoms with Crippen LogP contribution >= 0.6 is 0 Å². The smallest absolute Gasteiger partial charge is 0.0459 e. The number of hydrogen-bond donors (Lipinski definition) is 1.